The lowest BCUT2D eigenvalue weighted by atomic mass is 10.1. The number of nitrogens with zero attached hydrogens (tertiary/aromatic N) is 1. The van der Waals surface area contributed by atoms with Crippen molar-refractivity contribution in [2.45, 2.75) is 13.8 Å². The Morgan fingerprint density at radius 3 is 2.43 bits per heavy atom. The molecule has 0 heterocycles. The van der Waals surface area contributed by atoms with Gasteiger partial charge in [-0.05, 0) is 32.0 Å². The van der Waals surface area contributed by atoms with E-state index in [1.165, 1.54) is 0 Å². The zero-order valence-electron chi connectivity index (χ0n) is 8.66. The summed E-state index contributed by atoms with van der Waals surface area (Å²) in [6.07, 6.45) is 0.779. The fourth-order valence-corrected chi connectivity index (χ4v) is 1.45. The molecule has 1 aromatic carbocycles. The van der Waals surface area contributed by atoms with Crippen molar-refractivity contribution in [3.8, 4) is 0 Å². The number of anilines is 2. The molecule has 76 valence electrons. The predicted molar refractivity (Wildman–Crippen MR) is 59.8 cm³/mol. The molecule has 0 aliphatic heterocycles. The molecule has 0 fully saturated rings. The van der Waals surface area contributed by atoms with Gasteiger partial charge in [0.15, 0.2) is 6.29 Å². The van der Waals surface area contributed by atoms with E-state index in [1.807, 2.05) is 12.1 Å². The van der Waals surface area contributed by atoms with E-state index in [9.17, 15) is 4.79 Å². The zero-order chi connectivity index (χ0) is 10.6. The fraction of sp³-hybridized carbons (Fsp3) is 0.364. The number of nitrogen functional groups attached to an aromatic ring is 1. The Labute approximate surface area is 84.5 Å². The van der Waals surface area contributed by atoms with Gasteiger partial charge in [0.2, 0.25) is 0 Å². The van der Waals surface area contributed by atoms with Gasteiger partial charge >= 0.3 is 0 Å². The third kappa shape index (κ3) is 2.05. The molecule has 0 radical (unpaired) electrons. The zero-order valence-corrected chi connectivity index (χ0v) is 8.66. The van der Waals surface area contributed by atoms with Crippen LogP contribution in [0.15, 0.2) is 18.2 Å². The third-order valence-electron chi connectivity index (χ3n) is 2.33. The molecule has 0 saturated carbocycles. The summed E-state index contributed by atoms with van der Waals surface area (Å²) >= 11 is 0. The van der Waals surface area contributed by atoms with Gasteiger partial charge in [-0.2, -0.15) is 0 Å². The minimum absolute atomic E-state index is 0.546. The van der Waals surface area contributed by atoms with Gasteiger partial charge in [-0.1, -0.05) is 0 Å². The van der Waals surface area contributed by atoms with Crippen LogP contribution in [0.2, 0.25) is 0 Å². The highest BCUT2D eigenvalue weighted by atomic mass is 16.1. The molecule has 0 aliphatic carbocycles. The molecule has 2 N–H and O–H groups in total. The summed E-state index contributed by atoms with van der Waals surface area (Å²) in [6, 6.07) is 5.53. The number of carbonyl (C=O) groups excluding carboxylic acids is 1. The molecular formula is C11H16N2O. The molecule has 14 heavy (non-hydrogen) atoms. The van der Waals surface area contributed by atoms with Crippen molar-refractivity contribution in [2.24, 2.45) is 0 Å². The third-order valence-corrected chi connectivity index (χ3v) is 2.33. The van der Waals surface area contributed by atoms with E-state index < -0.39 is 0 Å². The van der Waals surface area contributed by atoms with Gasteiger partial charge in [0, 0.05) is 30.0 Å². The number of nitrogens with two attached hydrogens (primary N) is 1. The summed E-state index contributed by atoms with van der Waals surface area (Å²) in [5.74, 6) is 0. The molecule has 0 aliphatic rings. The molecule has 0 saturated heterocycles. The van der Waals surface area contributed by atoms with E-state index in [4.69, 9.17) is 5.73 Å². The smallest absolute Gasteiger partial charge is 0.152 e. The normalized spacial score (nSPS) is 9.86. The maximum Gasteiger partial charge on any atom is 0.152 e. The molecule has 0 amide bonds. The fourth-order valence-electron chi connectivity index (χ4n) is 1.45. The van der Waals surface area contributed by atoms with Crippen LogP contribution in [0.25, 0.3) is 0 Å². The summed E-state index contributed by atoms with van der Waals surface area (Å²) in [5.41, 5.74) is 7.89. The van der Waals surface area contributed by atoms with Gasteiger partial charge < -0.3 is 10.6 Å². The number of carbonyl (C=O) groups is 1. The Hall–Kier alpha value is -1.51. The first-order valence-corrected chi connectivity index (χ1v) is 4.82. The lowest BCUT2D eigenvalue weighted by Crippen LogP contribution is -2.21. The molecule has 0 bridgehead atoms. The lowest BCUT2D eigenvalue weighted by Gasteiger charge is -2.21. The first-order valence-electron chi connectivity index (χ1n) is 4.82. The molecule has 0 aromatic heterocycles. The van der Waals surface area contributed by atoms with E-state index in [-0.39, 0.29) is 0 Å². The Bertz CT molecular complexity index is 319. The van der Waals surface area contributed by atoms with Crippen LogP contribution in [0.3, 0.4) is 0 Å². The first kappa shape index (κ1) is 10.6. The van der Waals surface area contributed by atoms with Gasteiger partial charge in [-0.3, -0.25) is 4.79 Å². The largest absolute Gasteiger partial charge is 0.398 e. The van der Waals surface area contributed by atoms with E-state index >= 15 is 0 Å². The second-order valence-electron chi connectivity index (χ2n) is 3.10. The van der Waals surface area contributed by atoms with E-state index in [1.54, 1.807) is 6.07 Å². The average Bonchev–Trinajstić information content (AvgIpc) is 2.20. The van der Waals surface area contributed by atoms with Crippen LogP contribution >= 0.6 is 0 Å². The van der Waals surface area contributed by atoms with Crippen molar-refractivity contribution in [1.82, 2.24) is 0 Å². The van der Waals surface area contributed by atoms with Crippen molar-refractivity contribution < 1.29 is 4.79 Å². The van der Waals surface area contributed by atoms with Crippen LogP contribution in [0.4, 0.5) is 11.4 Å². The topological polar surface area (TPSA) is 46.3 Å². The molecule has 0 spiro atoms. The maximum atomic E-state index is 10.6. The van der Waals surface area contributed by atoms with Crippen LogP contribution in [0.1, 0.15) is 24.2 Å². The standard InChI is InChI=1S/C11H16N2O/c1-3-13(4-2)10-6-5-9(8-14)11(12)7-10/h5-8H,3-4,12H2,1-2H3. The Balaban J connectivity index is 3.00. The molecule has 0 unspecified atom stereocenters. The summed E-state index contributed by atoms with van der Waals surface area (Å²) in [7, 11) is 0. The Kier molecular flexibility index (Phi) is 3.51. The van der Waals surface area contributed by atoms with Gasteiger partial charge in [0.05, 0.1) is 0 Å². The van der Waals surface area contributed by atoms with Crippen LogP contribution in [0.5, 0.6) is 0 Å². The van der Waals surface area contributed by atoms with Crippen LogP contribution < -0.4 is 10.6 Å². The molecule has 1 aromatic rings. The number of aldehydes is 1. The minimum atomic E-state index is 0.546. The quantitative estimate of drug-likeness (QED) is 0.585. The van der Waals surface area contributed by atoms with Gasteiger partial charge in [0.1, 0.15) is 0 Å². The van der Waals surface area contributed by atoms with Gasteiger partial charge in [0.25, 0.3) is 0 Å². The molecule has 0 atom stereocenters. The van der Waals surface area contributed by atoms with Crippen LogP contribution in [-0.2, 0) is 0 Å². The van der Waals surface area contributed by atoms with E-state index in [0.717, 1.165) is 25.1 Å². The number of benzene rings is 1. The number of hydrogen-bond donors (Lipinski definition) is 1. The first-order chi connectivity index (χ1) is 6.72. The van der Waals surface area contributed by atoms with E-state index in [2.05, 4.69) is 18.7 Å². The minimum Gasteiger partial charge on any atom is -0.398 e. The molecule has 3 nitrogen and oxygen atoms in total. The Morgan fingerprint density at radius 1 is 1.36 bits per heavy atom. The summed E-state index contributed by atoms with van der Waals surface area (Å²) in [5, 5.41) is 0. The number of rotatable bonds is 4. The summed E-state index contributed by atoms with van der Waals surface area (Å²) in [6.45, 7) is 6.06. The second kappa shape index (κ2) is 4.65. The highest BCUT2D eigenvalue weighted by Gasteiger charge is 2.04. The van der Waals surface area contributed by atoms with Crippen molar-refractivity contribution in [2.75, 3.05) is 23.7 Å². The van der Waals surface area contributed by atoms with Crippen LogP contribution in [0, 0.1) is 0 Å². The van der Waals surface area contributed by atoms with Crippen molar-refractivity contribution >= 4 is 17.7 Å². The molecule has 1 rings (SSSR count). The SMILES string of the molecule is CCN(CC)c1ccc(C=O)c(N)c1. The lowest BCUT2D eigenvalue weighted by molar-refractivity contribution is 0.112. The van der Waals surface area contributed by atoms with Crippen molar-refractivity contribution in [1.29, 1.82) is 0 Å². The van der Waals surface area contributed by atoms with Crippen molar-refractivity contribution in [3.63, 3.8) is 0 Å². The molecular weight excluding hydrogens is 176 g/mol. The monoisotopic (exact) mass is 192 g/mol. The highest BCUT2D eigenvalue weighted by molar-refractivity contribution is 5.84. The predicted octanol–water partition coefficient (Wildman–Crippen LogP) is 1.93. The van der Waals surface area contributed by atoms with Gasteiger partial charge in [-0.15, -0.1) is 0 Å². The van der Waals surface area contributed by atoms with Gasteiger partial charge in [-0.25, -0.2) is 0 Å². The molecule has 3 heteroatoms. The maximum absolute atomic E-state index is 10.6. The number of hydrogen-bond acceptors (Lipinski definition) is 3. The average molecular weight is 192 g/mol. The Morgan fingerprint density at radius 2 is 2.00 bits per heavy atom. The van der Waals surface area contributed by atoms with E-state index in [0.29, 0.717) is 11.3 Å². The second-order valence-corrected chi connectivity index (χ2v) is 3.10. The highest BCUT2D eigenvalue weighted by Crippen LogP contribution is 2.20. The van der Waals surface area contributed by atoms with Crippen LogP contribution in [-0.4, -0.2) is 19.4 Å². The summed E-state index contributed by atoms with van der Waals surface area (Å²) in [4.78, 5) is 12.7. The van der Waals surface area contributed by atoms with Crippen molar-refractivity contribution in [3.05, 3.63) is 23.8 Å². The summed E-state index contributed by atoms with van der Waals surface area (Å²) < 4.78 is 0.